The summed E-state index contributed by atoms with van der Waals surface area (Å²) in [5, 5.41) is 16.8. The molecule has 0 aliphatic carbocycles. The lowest BCUT2D eigenvalue weighted by atomic mass is 10.1. The van der Waals surface area contributed by atoms with Crippen molar-refractivity contribution in [1.29, 1.82) is 0 Å². The highest BCUT2D eigenvalue weighted by atomic mass is 16.5. The van der Waals surface area contributed by atoms with E-state index in [-0.39, 0.29) is 5.60 Å². The first-order valence-electron chi connectivity index (χ1n) is 8.33. The van der Waals surface area contributed by atoms with E-state index in [0.717, 1.165) is 6.54 Å². The van der Waals surface area contributed by atoms with E-state index >= 15 is 0 Å². The third kappa shape index (κ3) is 7.19. The smallest absolute Gasteiger partial charge is 0.191 e. The van der Waals surface area contributed by atoms with Crippen molar-refractivity contribution in [2.75, 3.05) is 41.0 Å². The minimum Gasteiger partial charge on any atom is -0.497 e. The SMILES string of the molecule is CCNC(=NCC(C)(C)OC)NCC(O)c1cc(OC)cc(OC)c1. The van der Waals surface area contributed by atoms with Gasteiger partial charge >= 0.3 is 0 Å². The number of nitrogens with zero attached hydrogens (tertiary/aromatic N) is 1. The highest BCUT2D eigenvalue weighted by Gasteiger charge is 2.16. The molecule has 7 nitrogen and oxygen atoms in total. The van der Waals surface area contributed by atoms with E-state index in [0.29, 0.717) is 36.1 Å². The Kier molecular flexibility index (Phi) is 8.51. The molecule has 0 radical (unpaired) electrons. The molecule has 3 N–H and O–H groups in total. The standard InChI is InChI=1S/C18H31N3O4/c1-7-19-17(21-12-18(2,3)25-6)20-11-16(22)13-8-14(23-4)10-15(9-13)24-5/h8-10,16,22H,7,11-12H2,1-6H3,(H2,19,20,21). The fourth-order valence-corrected chi connectivity index (χ4v) is 2.01. The molecular formula is C18H31N3O4. The number of nitrogens with one attached hydrogen (secondary N) is 2. The van der Waals surface area contributed by atoms with Crippen LogP contribution in [0.1, 0.15) is 32.4 Å². The zero-order valence-corrected chi connectivity index (χ0v) is 16.0. The van der Waals surface area contributed by atoms with Crippen molar-refractivity contribution in [3.05, 3.63) is 23.8 Å². The summed E-state index contributed by atoms with van der Waals surface area (Å²) >= 11 is 0. The lowest BCUT2D eigenvalue weighted by Gasteiger charge is -2.22. The molecule has 1 aromatic carbocycles. The summed E-state index contributed by atoms with van der Waals surface area (Å²) in [4.78, 5) is 4.50. The van der Waals surface area contributed by atoms with Gasteiger partial charge in [-0.2, -0.15) is 0 Å². The Labute approximate surface area is 150 Å². The zero-order valence-electron chi connectivity index (χ0n) is 16.0. The number of rotatable bonds is 9. The molecule has 0 fully saturated rings. The summed E-state index contributed by atoms with van der Waals surface area (Å²) < 4.78 is 15.8. The number of hydrogen-bond donors (Lipinski definition) is 3. The van der Waals surface area contributed by atoms with Crippen LogP contribution in [0.5, 0.6) is 11.5 Å². The molecule has 0 aliphatic heterocycles. The Morgan fingerprint density at radius 3 is 2.20 bits per heavy atom. The van der Waals surface area contributed by atoms with Crippen LogP contribution >= 0.6 is 0 Å². The van der Waals surface area contributed by atoms with Gasteiger partial charge in [0, 0.05) is 26.3 Å². The molecule has 0 saturated carbocycles. The average molecular weight is 353 g/mol. The molecule has 7 heteroatoms. The maximum absolute atomic E-state index is 10.5. The van der Waals surface area contributed by atoms with Gasteiger partial charge in [-0.05, 0) is 38.5 Å². The van der Waals surface area contributed by atoms with Gasteiger partial charge < -0.3 is 30.0 Å². The molecule has 1 rings (SSSR count). The number of ether oxygens (including phenoxy) is 3. The number of aliphatic hydroxyl groups excluding tert-OH is 1. The Morgan fingerprint density at radius 1 is 1.12 bits per heavy atom. The van der Waals surface area contributed by atoms with E-state index in [1.807, 2.05) is 20.8 Å². The molecule has 0 heterocycles. The Morgan fingerprint density at radius 2 is 1.72 bits per heavy atom. The minimum absolute atomic E-state index is 0.301. The molecule has 0 aromatic heterocycles. The fraction of sp³-hybridized carbons (Fsp3) is 0.611. The Bertz CT molecular complexity index is 539. The van der Waals surface area contributed by atoms with Gasteiger partial charge in [0.25, 0.3) is 0 Å². The number of methoxy groups -OCH3 is 3. The monoisotopic (exact) mass is 353 g/mol. The summed E-state index contributed by atoms with van der Waals surface area (Å²) in [6.45, 7) is 7.46. The minimum atomic E-state index is -0.733. The van der Waals surface area contributed by atoms with Gasteiger partial charge in [-0.25, -0.2) is 0 Å². The van der Waals surface area contributed by atoms with E-state index in [1.165, 1.54) is 0 Å². The summed E-state index contributed by atoms with van der Waals surface area (Å²) in [6.07, 6.45) is -0.733. The van der Waals surface area contributed by atoms with E-state index in [4.69, 9.17) is 14.2 Å². The number of hydrogen-bond acceptors (Lipinski definition) is 5. The van der Waals surface area contributed by atoms with Gasteiger partial charge in [0.1, 0.15) is 11.5 Å². The predicted molar refractivity (Wildman–Crippen MR) is 99.6 cm³/mol. The molecule has 1 aromatic rings. The predicted octanol–water partition coefficient (Wildman–Crippen LogP) is 1.72. The van der Waals surface area contributed by atoms with E-state index in [1.54, 1.807) is 39.5 Å². The van der Waals surface area contributed by atoms with Crippen LogP contribution in [-0.4, -0.2) is 57.6 Å². The molecular weight excluding hydrogens is 322 g/mol. The van der Waals surface area contributed by atoms with Crippen molar-refractivity contribution in [3.63, 3.8) is 0 Å². The second kappa shape index (κ2) is 10.1. The topological polar surface area (TPSA) is 84.3 Å². The number of aliphatic imine (C=N–C) groups is 1. The van der Waals surface area contributed by atoms with Crippen molar-refractivity contribution >= 4 is 5.96 Å². The number of guanidine groups is 1. The van der Waals surface area contributed by atoms with Crippen LogP contribution in [0.15, 0.2) is 23.2 Å². The van der Waals surface area contributed by atoms with Gasteiger partial charge in [-0.1, -0.05) is 0 Å². The van der Waals surface area contributed by atoms with Gasteiger partial charge in [-0.15, -0.1) is 0 Å². The first kappa shape index (κ1) is 21.1. The van der Waals surface area contributed by atoms with Crippen LogP contribution < -0.4 is 20.1 Å². The van der Waals surface area contributed by atoms with Gasteiger partial charge in [0.05, 0.1) is 32.5 Å². The molecule has 0 amide bonds. The molecule has 0 bridgehead atoms. The molecule has 0 aliphatic rings. The average Bonchev–Trinajstić information content (AvgIpc) is 2.63. The quantitative estimate of drug-likeness (QED) is 0.463. The molecule has 1 unspecified atom stereocenters. The normalized spacial score (nSPS) is 13.3. The number of benzene rings is 1. The third-order valence-electron chi connectivity index (χ3n) is 3.74. The van der Waals surface area contributed by atoms with Crippen molar-refractivity contribution in [1.82, 2.24) is 10.6 Å². The maximum atomic E-state index is 10.5. The van der Waals surface area contributed by atoms with E-state index in [2.05, 4.69) is 15.6 Å². The maximum Gasteiger partial charge on any atom is 0.191 e. The van der Waals surface area contributed by atoms with E-state index in [9.17, 15) is 5.11 Å². The van der Waals surface area contributed by atoms with Crippen molar-refractivity contribution in [2.24, 2.45) is 4.99 Å². The van der Waals surface area contributed by atoms with Gasteiger partial charge in [0.15, 0.2) is 5.96 Å². The summed E-state index contributed by atoms with van der Waals surface area (Å²) in [5.74, 6) is 1.90. The van der Waals surface area contributed by atoms with Gasteiger partial charge in [0.2, 0.25) is 0 Å². The molecule has 1 atom stereocenters. The number of aliphatic hydroxyl groups is 1. The third-order valence-corrected chi connectivity index (χ3v) is 3.74. The highest BCUT2D eigenvalue weighted by molar-refractivity contribution is 5.79. The summed E-state index contributed by atoms with van der Waals surface area (Å²) in [5.41, 5.74) is 0.359. The second-order valence-electron chi connectivity index (χ2n) is 6.20. The molecule has 25 heavy (non-hydrogen) atoms. The zero-order chi connectivity index (χ0) is 18.9. The Balaban J connectivity index is 2.77. The van der Waals surface area contributed by atoms with Crippen LogP contribution in [0, 0.1) is 0 Å². The summed E-state index contributed by atoms with van der Waals surface area (Å²) in [7, 11) is 4.82. The largest absolute Gasteiger partial charge is 0.497 e. The lowest BCUT2D eigenvalue weighted by molar-refractivity contribution is 0.0310. The summed E-state index contributed by atoms with van der Waals surface area (Å²) in [6, 6.07) is 5.34. The molecule has 0 saturated heterocycles. The Hall–Kier alpha value is -1.99. The highest BCUT2D eigenvalue weighted by Crippen LogP contribution is 2.26. The first-order chi connectivity index (χ1) is 11.8. The molecule has 0 spiro atoms. The molecule has 142 valence electrons. The lowest BCUT2D eigenvalue weighted by Crippen LogP contribution is -2.40. The van der Waals surface area contributed by atoms with Gasteiger partial charge in [-0.3, -0.25) is 4.99 Å². The van der Waals surface area contributed by atoms with Crippen LogP contribution in [0.25, 0.3) is 0 Å². The van der Waals surface area contributed by atoms with E-state index < -0.39 is 6.10 Å². The van der Waals surface area contributed by atoms with Crippen LogP contribution in [-0.2, 0) is 4.74 Å². The van der Waals surface area contributed by atoms with Crippen molar-refractivity contribution < 1.29 is 19.3 Å². The van der Waals surface area contributed by atoms with Crippen LogP contribution in [0.4, 0.5) is 0 Å². The second-order valence-corrected chi connectivity index (χ2v) is 6.20. The van der Waals surface area contributed by atoms with Crippen LogP contribution in [0.3, 0.4) is 0 Å². The fourth-order valence-electron chi connectivity index (χ4n) is 2.01. The van der Waals surface area contributed by atoms with Crippen molar-refractivity contribution in [2.45, 2.75) is 32.5 Å². The van der Waals surface area contributed by atoms with Crippen molar-refractivity contribution in [3.8, 4) is 11.5 Å². The first-order valence-corrected chi connectivity index (χ1v) is 8.33. The van der Waals surface area contributed by atoms with Crippen LogP contribution in [0.2, 0.25) is 0 Å².